The SMILES string of the molecule is COc1ccc(C2=N[C@H](c3ccc(C(F)(F)F)cc3)N[C@H](c3cc(Cl)ccc3O)C2)cc1. The highest BCUT2D eigenvalue weighted by molar-refractivity contribution is 6.30. The first-order valence-electron chi connectivity index (χ1n) is 9.87. The van der Waals surface area contributed by atoms with Crippen LogP contribution in [0.25, 0.3) is 0 Å². The maximum atomic E-state index is 13.0. The summed E-state index contributed by atoms with van der Waals surface area (Å²) in [5.41, 5.74) is 2.06. The fraction of sp³-hybridized carbons (Fsp3) is 0.208. The minimum Gasteiger partial charge on any atom is -0.508 e. The van der Waals surface area contributed by atoms with Crippen LogP contribution in [0.3, 0.4) is 0 Å². The summed E-state index contributed by atoms with van der Waals surface area (Å²) in [4.78, 5) is 4.77. The van der Waals surface area contributed by atoms with E-state index in [0.717, 1.165) is 23.4 Å². The Morgan fingerprint density at radius 2 is 1.72 bits per heavy atom. The van der Waals surface area contributed by atoms with Crippen molar-refractivity contribution in [3.63, 3.8) is 0 Å². The molecule has 3 aromatic rings. The van der Waals surface area contributed by atoms with E-state index >= 15 is 0 Å². The van der Waals surface area contributed by atoms with Crippen LogP contribution in [0.4, 0.5) is 13.2 Å². The van der Waals surface area contributed by atoms with Crippen LogP contribution >= 0.6 is 11.6 Å². The molecule has 0 amide bonds. The molecule has 4 nitrogen and oxygen atoms in total. The van der Waals surface area contributed by atoms with Gasteiger partial charge in [-0.1, -0.05) is 23.7 Å². The predicted molar refractivity (Wildman–Crippen MR) is 117 cm³/mol. The lowest BCUT2D eigenvalue weighted by molar-refractivity contribution is -0.137. The van der Waals surface area contributed by atoms with Gasteiger partial charge < -0.3 is 9.84 Å². The van der Waals surface area contributed by atoms with E-state index in [4.69, 9.17) is 21.3 Å². The van der Waals surface area contributed by atoms with E-state index in [-0.39, 0.29) is 11.8 Å². The monoisotopic (exact) mass is 460 g/mol. The smallest absolute Gasteiger partial charge is 0.416 e. The minimum absolute atomic E-state index is 0.0778. The van der Waals surface area contributed by atoms with Crippen molar-refractivity contribution in [3.8, 4) is 11.5 Å². The number of hydrogen-bond donors (Lipinski definition) is 2. The Balaban J connectivity index is 1.73. The second-order valence-corrected chi connectivity index (χ2v) is 7.89. The quantitative estimate of drug-likeness (QED) is 0.480. The van der Waals surface area contributed by atoms with E-state index in [1.165, 1.54) is 18.2 Å². The number of hydrogen-bond acceptors (Lipinski definition) is 4. The molecule has 1 aliphatic rings. The van der Waals surface area contributed by atoms with E-state index in [1.807, 2.05) is 24.3 Å². The zero-order valence-electron chi connectivity index (χ0n) is 17.0. The van der Waals surface area contributed by atoms with Gasteiger partial charge in [-0.25, -0.2) is 0 Å². The highest BCUT2D eigenvalue weighted by Gasteiger charge is 2.31. The number of aromatic hydroxyl groups is 1. The first-order valence-corrected chi connectivity index (χ1v) is 10.2. The molecular weight excluding hydrogens is 441 g/mol. The largest absolute Gasteiger partial charge is 0.508 e. The van der Waals surface area contributed by atoms with Gasteiger partial charge in [-0.15, -0.1) is 0 Å². The van der Waals surface area contributed by atoms with E-state index in [2.05, 4.69) is 5.32 Å². The summed E-state index contributed by atoms with van der Waals surface area (Å²) >= 11 is 6.15. The molecule has 0 radical (unpaired) electrons. The van der Waals surface area contributed by atoms with E-state index in [0.29, 0.717) is 28.3 Å². The van der Waals surface area contributed by atoms with E-state index in [9.17, 15) is 18.3 Å². The molecule has 0 saturated carbocycles. The van der Waals surface area contributed by atoms with Crippen molar-refractivity contribution in [1.82, 2.24) is 5.32 Å². The Bertz CT molecular complexity index is 1130. The van der Waals surface area contributed by atoms with Gasteiger partial charge in [0.05, 0.1) is 12.7 Å². The lowest BCUT2D eigenvalue weighted by Gasteiger charge is -2.31. The molecule has 1 heterocycles. The highest BCUT2D eigenvalue weighted by Crippen LogP contribution is 2.37. The molecule has 1 aliphatic heterocycles. The van der Waals surface area contributed by atoms with Crippen molar-refractivity contribution < 1.29 is 23.0 Å². The molecule has 0 unspecified atom stereocenters. The molecule has 0 bridgehead atoms. The number of methoxy groups -OCH3 is 1. The van der Waals surface area contributed by atoms with Crippen LogP contribution in [-0.4, -0.2) is 17.9 Å². The van der Waals surface area contributed by atoms with Crippen LogP contribution < -0.4 is 10.1 Å². The van der Waals surface area contributed by atoms with Crippen molar-refractivity contribution in [2.45, 2.75) is 24.8 Å². The third kappa shape index (κ3) is 4.74. The first kappa shape index (κ1) is 22.2. The number of nitrogens with one attached hydrogen (secondary N) is 1. The molecule has 32 heavy (non-hydrogen) atoms. The standard InChI is InChI=1S/C24H20ClF3N2O2/c1-32-18-9-4-14(5-10-18)20-13-21(19-12-17(25)8-11-22(19)31)30-23(29-20)15-2-6-16(7-3-15)24(26,27)28/h2-12,21,23,30-31H,13H2,1H3/t21-,23-/m0/s1. The molecule has 0 saturated heterocycles. The number of nitrogens with zero attached hydrogens (tertiary/aromatic N) is 1. The zero-order chi connectivity index (χ0) is 22.9. The third-order valence-electron chi connectivity index (χ3n) is 5.38. The Kier molecular flexibility index (Phi) is 6.13. The molecule has 2 atom stereocenters. The summed E-state index contributed by atoms with van der Waals surface area (Å²) < 4.78 is 44.2. The Hall–Kier alpha value is -3.03. The van der Waals surface area contributed by atoms with Crippen LogP contribution in [0.2, 0.25) is 5.02 Å². The summed E-state index contributed by atoms with van der Waals surface area (Å²) in [6.45, 7) is 0. The summed E-state index contributed by atoms with van der Waals surface area (Å²) in [6, 6.07) is 16.7. The van der Waals surface area contributed by atoms with E-state index < -0.39 is 17.9 Å². The lowest BCUT2D eigenvalue weighted by atomic mass is 9.93. The maximum Gasteiger partial charge on any atom is 0.416 e. The summed E-state index contributed by atoms with van der Waals surface area (Å²) in [7, 11) is 1.58. The number of alkyl halides is 3. The van der Waals surface area contributed by atoms with Crippen LogP contribution in [0.1, 0.15) is 40.9 Å². The Morgan fingerprint density at radius 1 is 1.03 bits per heavy atom. The average Bonchev–Trinajstić information content (AvgIpc) is 2.80. The van der Waals surface area contributed by atoms with Crippen molar-refractivity contribution in [1.29, 1.82) is 0 Å². The number of benzene rings is 3. The molecule has 0 fully saturated rings. The maximum absolute atomic E-state index is 13.0. The molecule has 0 aromatic heterocycles. The molecular formula is C24H20ClF3N2O2. The summed E-state index contributed by atoms with van der Waals surface area (Å²) in [6.07, 6.45) is -4.56. The van der Waals surface area contributed by atoms with Gasteiger partial charge in [-0.2, -0.15) is 13.2 Å². The van der Waals surface area contributed by atoms with Gasteiger partial charge in [0.25, 0.3) is 0 Å². The van der Waals surface area contributed by atoms with Crippen LogP contribution in [0, 0.1) is 0 Å². The van der Waals surface area contributed by atoms with Gasteiger partial charge in [0.15, 0.2) is 0 Å². The van der Waals surface area contributed by atoms with Gasteiger partial charge in [0.1, 0.15) is 17.7 Å². The van der Waals surface area contributed by atoms with Crippen molar-refractivity contribution >= 4 is 17.3 Å². The Morgan fingerprint density at radius 3 is 2.34 bits per heavy atom. The number of halogens is 4. The summed E-state index contributed by atoms with van der Waals surface area (Å²) in [5, 5.41) is 14.2. The second-order valence-electron chi connectivity index (χ2n) is 7.45. The second kappa shape index (κ2) is 8.84. The van der Waals surface area contributed by atoms with Crippen LogP contribution in [0.15, 0.2) is 71.7 Å². The first-order chi connectivity index (χ1) is 15.2. The molecule has 3 aromatic carbocycles. The fourth-order valence-corrected chi connectivity index (χ4v) is 3.87. The van der Waals surface area contributed by atoms with Crippen LogP contribution in [-0.2, 0) is 6.18 Å². The van der Waals surface area contributed by atoms with Crippen molar-refractivity contribution in [3.05, 3.63) is 94.0 Å². The molecule has 166 valence electrons. The topological polar surface area (TPSA) is 53.8 Å². The fourth-order valence-electron chi connectivity index (χ4n) is 3.69. The third-order valence-corrected chi connectivity index (χ3v) is 5.62. The Labute approximate surface area is 188 Å². The number of phenols is 1. The number of aliphatic imine (C=N–C) groups is 1. The minimum atomic E-state index is -4.41. The molecule has 0 spiro atoms. The average molecular weight is 461 g/mol. The zero-order valence-corrected chi connectivity index (χ0v) is 17.8. The molecule has 0 aliphatic carbocycles. The lowest BCUT2D eigenvalue weighted by Crippen LogP contribution is -2.33. The van der Waals surface area contributed by atoms with Crippen LogP contribution in [0.5, 0.6) is 11.5 Å². The van der Waals surface area contributed by atoms with Crippen molar-refractivity contribution in [2.75, 3.05) is 7.11 Å². The van der Waals surface area contributed by atoms with Gasteiger partial charge in [-0.3, -0.25) is 10.3 Å². The van der Waals surface area contributed by atoms with Gasteiger partial charge in [0.2, 0.25) is 0 Å². The van der Waals surface area contributed by atoms with Gasteiger partial charge in [-0.05, 0) is 65.7 Å². The predicted octanol–water partition coefficient (Wildman–Crippen LogP) is 6.30. The molecule has 4 rings (SSSR count). The summed E-state index contributed by atoms with van der Waals surface area (Å²) in [5.74, 6) is 0.778. The van der Waals surface area contributed by atoms with Crippen molar-refractivity contribution in [2.24, 2.45) is 4.99 Å². The number of rotatable bonds is 4. The normalized spacial score (nSPS) is 18.8. The number of phenolic OH excluding ortho intramolecular Hbond substituents is 1. The van der Waals surface area contributed by atoms with Gasteiger partial charge >= 0.3 is 6.18 Å². The molecule has 2 N–H and O–H groups in total. The van der Waals surface area contributed by atoms with Gasteiger partial charge in [0, 0.05) is 28.8 Å². The number of ether oxygens (including phenoxy) is 1. The van der Waals surface area contributed by atoms with E-state index in [1.54, 1.807) is 19.2 Å². The molecule has 8 heteroatoms. The highest BCUT2D eigenvalue weighted by atomic mass is 35.5.